The fourth-order valence-electron chi connectivity index (χ4n) is 2.84. The Morgan fingerprint density at radius 1 is 1.21 bits per heavy atom. The zero-order valence-electron chi connectivity index (χ0n) is 11.3. The number of hydrogen-bond acceptors (Lipinski definition) is 3. The number of benzene rings is 2. The molecule has 1 aliphatic rings. The molecule has 2 unspecified atom stereocenters. The van der Waals surface area contributed by atoms with E-state index in [1.54, 1.807) is 0 Å². The first-order valence-corrected chi connectivity index (χ1v) is 6.74. The average Bonchev–Trinajstić information content (AvgIpc) is 2.44. The molecule has 0 aromatic heterocycles. The molecule has 1 aliphatic heterocycles. The van der Waals surface area contributed by atoms with Crippen molar-refractivity contribution < 1.29 is 9.84 Å². The van der Waals surface area contributed by atoms with Gasteiger partial charge in [-0.05, 0) is 18.4 Å². The predicted octanol–water partition coefficient (Wildman–Crippen LogP) is 2.81. The number of nitrogens with zero attached hydrogens (tertiary/aromatic N) is 1. The Morgan fingerprint density at radius 3 is 2.79 bits per heavy atom. The quantitative estimate of drug-likeness (QED) is 0.898. The van der Waals surface area contributed by atoms with Crippen molar-refractivity contribution in [3.8, 4) is 5.75 Å². The lowest BCUT2D eigenvalue weighted by atomic mass is 10.0. The van der Waals surface area contributed by atoms with Gasteiger partial charge >= 0.3 is 0 Å². The van der Waals surface area contributed by atoms with Gasteiger partial charge in [-0.25, -0.2) is 0 Å². The summed E-state index contributed by atoms with van der Waals surface area (Å²) in [6.07, 6.45) is 0.710. The van der Waals surface area contributed by atoms with Crippen molar-refractivity contribution in [3.05, 3.63) is 36.4 Å². The van der Waals surface area contributed by atoms with E-state index in [1.165, 1.54) is 10.8 Å². The maximum Gasteiger partial charge on any atom is 0.143 e. The molecule has 3 rings (SSSR count). The standard InChI is InChI=1S/C16H19NO2/c1-11-14(9-10-18)19-15-8-7-12-5-3-4-6-13(12)16(15)17(11)2/h3-8,11,14,18H,9-10H2,1-2H3. The van der Waals surface area contributed by atoms with Gasteiger partial charge in [0.1, 0.15) is 11.9 Å². The third-order valence-electron chi connectivity index (χ3n) is 4.06. The van der Waals surface area contributed by atoms with Crippen LogP contribution in [-0.2, 0) is 0 Å². The van der Waals surface area contributed by atoms with Gasteiger partial charge in [-0.3, -0.25) is 0 Å². The largest absolute Gasteiger partial charge is 0.486 e. The first kappa shape index (κ1) is 12.3. The summed E-state index contributed by atoms with van der Waals surface area (Å²) in [5.74, 6) is 0.915. The fraction of sp³-hybridized carbons (Fsp3) is 0.375. The van der Waals surface area contributed by atoms with Gasteiger partial charge in [-0.2, -0.15) is 0 Å². The summed E-state index contributed by atoms with van der Waals surface area (Å²) in [4.78, 5) is 2.27. The molecule has 3 heteroatoms. The van der Waals surface area contributed by atoms with Gasteiger partial charge in [0.05, 0.1) is 11.7 Å². The van der Waals surface area contributed by atoms with Gasteiger partial charge in [-0.15, -0.1) is 0 Å². The van der Waals surface area contributed by atoms with Gasteiger partial charge in [0, 0.05) is 25.5 Å². The lowest BCUT2D eigenvalue weighted by molar-refractivity contribution is 0.124. The van der Waals surface area contributed by atoms with Gasteiger partial charge in [0.15, 0.2) is 0 Å². The highest BCUT2D eigenvalue weighted by Gasteiger charge is 2.31. The maximum absolute atomic E-state index is 9.14. The third kappa shape index (κ3) is 1.94. The summed E-state index contributed by atoms with van der Waals surface area (Å²) in [7, 11) is 2.10. The van der Waals surface area contributed by atoms with E-state index in [0.29, 0.717) is 6.42 Å². The van der Waals surface area contributed by atoms with Crippen LogP contribution in [0.4, 0.5) is 5.69 Å². The van der Waals surface area contributed by atoms with Crippen LogP contribution in [0.2, 0.25) is 0 Å². The number of likely N-dealkylation sites (N-methyl/N-ethyl adjacent to an activating group) is 1. The zero-order chi connectivity index (χ0) is 13.4. The molecule has 100 valence electrons. The Labute approximate surface area is 113 Å². The maximum atomic E-state index is 9.14. The number of hydrogen-bond donors (Lipinski definition) is 1. The van der Waals surface area contributed by atoms with Crippen LogP contribution in [0.1, 0.15) is 13.3 Å². The first-order valence-electron chi connectivity index (χ1n) is 6.74. The summed E-state index contributed by atoms with van der Waals surface area (Å²) < 4.78 is 6.06. The summed E-state index contributed by atoms with van der Waals surface area (Å²) in [5.41, 5.74) is 1.15. The minimum atomic E-state index is 0.0451. The average molecular weight is 257 g/mol. The van der Waals surface area contributed by atoms with E-state index in [2.05, 4.69) is 49.2 Å². The first-order chi connectivity index (χ1) is 9.22. The molecule has 2 atom stereocenters. The van der Waals surface area contributed by atoms with Gasteiger partial charge in [0.25, 0.3) is 0 Å². The molecule has 0 amide bonds. The Morgan fingerprint density at radius 2 is 2.00 bits per heavy atom. The van der Waals surface area contributed by atoms with Crippen LogP contribution in [0.25, 0.3) is 10.8 Å². The number of fused-ring (bicyclic) bond motifs is 3. The third-order valence-corrected chi connectivity index (χ3v) is 4.06. The van der Waals surface area contributed by atoms with Crippen molar-refractivity contribution in [3.63, 3.8) is 0 Å². The summed E-state index contributed by atoms with van der Waals surface area (Å²) in [5, 5.41) is 11.6. The highest BCUT2D eigenvalue weighted by Crippen LogP contribution is 2.41. The molecular formula is C16H19NO2. The van der Waals surface area contributed by atoms with Crippen LogP contribution in [0, 0.1) is 0 Å². The molecule has 19 heavy (non-hydrogen) atoms. The van der Waals surface area contributed by atoms with Gasteiger partial charge < -0.3 is 14.7 Å². The number of ether oxygens (including phenoxy) is 1. The van der Waals surface area contributed by atoms with E-state index in [0.717, 1.165) is 11.4 Å². The Balaban J connectivity index is 2.13. The van der Waals surface area contributed by atoms with E-state index in [9.17, 15) is 0 Å². The molecule has 0 fully saturated rings. The van der Waals surface area contributed by atoms with Crippen molar-refractivity contribution in [2.45, 2.75) is 25.5 Å². The number of aliphatic hydroxyl groups is 1. The smallest absolute Gasteiger partial charge is 0.143 e. The molecule has 2 aromatic rings. The molecule has 3 nitrogen and oxygen atoms in total. The molecule has 2 aromatic carbocycles. The van der Waals surface area contributed by atoms with E-state index < -0.39 is 0 Å². The molecule has 1 N–H and O–H groups in total. The number of aliphatic hydroxyl groups excluding tert-OH is 1. The Hall–Kier alpha value is -1.74. The zero-order valence-corrected chi connectivity index (χ0v) is 11.3. The van der Waals surface area contributed by atoms with Crippen LogP contribution in [-0.4, -0.2) is 30.9 Å². The second-order valence-electron chi connectivity index (χ2n) is 5.15. The SMILES string of the molecule is CC1C(CCO)Oc2ccc3ccccc3c2N1C. The molecule has 0 spiro atoms. The highest BCUT2D eigenvalue weighted by atomic mass is 16.5. The monoisotopic (exact) mass is 257 g/mol. The van der Waals surface area contributed by atoms with Crippen LogP contribution >= 0.6 is 0 Å². The van der Waals surface area contributed by atoms with E-state index in [4.69, 9.17) is 9.84 Å². The van der Waals surface area contributed by atoms with Crippen LogP contribution in [0.5, 0.6) is 5.75 Å². The minimum absolute atomic E-state index is 0.0451. The van der Waals surface area contributed by atoms with Crippen molar-refractivity contribution in [1.82, 2.24) is 0 Å². The Bertz CT molecular complexity index is 596. The fourth-order valence-corrected chi connectivity index (χ4v) is 2.84. The van der Waals surface area contributed by atoms with E-state index in [-0.39, 0.29) is 18.8 Å². The second kappa shape index (κ2) is 4.74. The summed E-state index contributed by atoms with van der Waals surface area (Å²) >= 11 is 0. The molecule has 0 radical (unpaired) electrons. The highest BCUT2D eigenvalue weighted by molar-refractivity contribution is 5.97. The van der Waals surface area contributed by atoms with Crippen LogP contribution in [0.15, 0.2) is 36.4 Å². The lowest BCUT2D eigenvalue weighted by Gasteiger charge is -2.40. The summed E-state index contributed by atoms with van der Waals surface area (Å²) in [6.45, 7) is 2.30. The van der Waals surface area contributed by atoms with Crippen LogP contribution in [0.3, 0.4) is 0 Å². The summed E-state index contributed by atoms with van der Waals surface area (Å²) in [6, 6.07) is 12.7. The molecule has 0 bridgehead atoms. The second-order valence-corrected chi connectivity index (χ2v) is 5.15. The molecular weight excluding hydrogens is 238 g/mol. The van der Waals surface area contributed by atoms with E-state index in [1.807, 2.05) is 6.07 Å². The van der Waals surface area contributed by atoms with Gasteiger partial charge in [-0.1, -0.05) is 30.3 Å². The van der Waals surface area contributed by atoms with Crippen molar-refractivity contribution in [2.24, 2.45) is 0 Å². The molecule has 0 saturated carbocycles. The van der Waals surface area contributed by atoms with Crippen molar-refractivity contribution in [2.75, 3.05) is 18.6 Å². The van der Waals surface area contributed by atoms with Crippen molar-refractivity contribution in [1.29, 1.82) is 0 Å². The lowest BCUT2D eigenvalue weighted by Crippen LogP contribution is -2.46. The molecule has 0 saturated heterocycles. The van der Waals surface area contributed by atoms with E-state index >= 15 is 0 Å². The molecule has 1 heterocycles. The Kier molecular flexibility index (Phi) is 3.07. The predicted molar refractivity (Wildman–Crippen MR) is 77.9 cm³/mol. The van der Waals surface area contributed by atoms with Crippen LogP contribution < -0.4 is 9.64 Å². The number of anilines is 1. The minimum Gasteiger partial charge on any atom is -0.486 e. The topological polar surface area (TPSA) is 32.7 Å². The number of rotatable bonds is 2. The van der Waals surface area contributed by atoms with Crippen molar-refractivity contribution >= 4 is 16.5 Å². The molecule has 0 aliphatic carbocycles. The normalized spacial score (nSPS) is 22.2. The van der Waals surface area contributed by atoms with Gasteiger partial charge in [0.2, 0.25) is 0 Å².